The van der Waals surface area contributed by atoms with E-state index in [9.17, 15) is 0 Å². The smallest absolute Gasteiger partial charge is 0.0598 e. The summed E-state index contributed by atoms with van der Waals surface area (Å²) in [4.78, 5) is 2.36. The van der Waals surface area contributed by atoms with Crippen molar-refractivity contribution in [1.82, 2.24) is 10.2 Å². The summed E-state index contributed by atoms with van der Waals surface area (Å²) < 4.78 is 0. The third-order valence-corrected chi connectivity index (χ3v) is 2.52. The van der Waals surface area contributed by atoms with Crippen LogP contribution in [0.4, 0.5) is 0 Å². The van der Waals surface area contributed by atoms with Gasteiger partial charge in [0, 0.05) is 12.6 Å². The Hall–Kier alpha value is -0.520. The topological polar surface area (TPSA) is 15.3 Å². The van der Waals surface area contributed by atoms with Crippen LogP contribution in [0.2, 0.25) is 0 Å². The maximum Gasteiger partial charge on any atom is 0.0598 e. The molecule has 0 saturated heterocycles. The van der Waals surface area contributed by atoms with Crippen LogP contribution in [0.3, 0.4) is 0 Å². The maximum absolute atomic E-state index is 5.31. The molecule has 0 aromatic rings. The molecule has 1 aliphatic carbocycles. The summed E-state index contributed by atoms with van der Waals surface area (Å²) in [6, 6.07) is 0.835. The second kappa shape index (κ2) is 6.86. The normalized spacial score (nSPS) is 15.8. The van der Waals surface area contributed by atoms with Gasteiger partial charge in [0.05, 0.1) is 6.54 Å². The minimum Gasteiger partial charge on any atom is -0.314 e. The number of rotatable bonds is 8. The van der Waals surface area contributed by atoms with E-state index in [0.717, 1.165) is 32.2 Å². The minimum absolute atomic E-state index is 0.803. The van der Waals surface area contributed by atoms with E-state index < -0.39 is 0 Å². The summed E-state index contributed by atoms with van der Waals surface area (Å²) in [7, 11) is 0. The molecule has 1 N–H and O–H groups in total. The van der Waals surface area contributed by atoms with Crippen molar-refractivity contribution in [3.63, 3.8) is 0 Å². The summed E-state index contributed by atoms with van der Waals surface area (Å²) in [6.45, 7) is 6.42. The van der Waals surface area contributed by atoms with Crippen molar-refractivity contribution in [2.45, 2.75) is 38.6 Å². The quantitative estimate of drug-likeness (QED) is 0.465. The molecule has 0 radical (unpaired) electrons. The van der Waals surface area contributed by atoms with Crippen LogP contribution in [0.25, 0.3) is 0 Å². The van der Waals surface area contributed by atoms with Crippen molar-refractivity contribution in [2.24, 2.45) is 0 Å². The number of hydrogen-bond acceptors (Lipinski definition) is 2. The number of nitrogens with zero attached hydrogens (tertiary/aromatic N) is 1. The van der Waals surface area contributed by atoms with Crippen LogP contribution in [0.1, 0.15) is 32.6 Å². The fraction of sp³-hybridized carbons (Fsp3) is 0.833. The van der Waals surface area contributed by atoms with E-state index in [1.165, 1.54) is 25.7 Å². The largest absolute Gasteiger partial charge is 0.314 e. The van der Waals surface area contributed by atoms with Crippen LogP contribution >= 0.6 is 0 Å². The fourth-order valence-electron chi connectivity index (χ4n) is 1.61. The Bertz CT molecular complexity index is 179. The molecule has 1 aliphatic rings. The van der Waals surface area contributed by atoms with Gasteiger partial charge in [-0.15, -0.1) is 6.42 Å². The van der Waals surface area contributed by atoms with E-state index in [1.54, 1.807) is 0 Å². The molecule has 80 valence electrons. The van der Waals surface area contributed by atoms with Gasteiger partial charge in [-0.2, -0.15) is 0 Å². The van der Waals surface area contributed by atoms with Crippen molar-refractivity contribution in [2.75, 3.05) is 26.2 Å². The molecule has 1 fully saturated rings. The predicted octanol–water partition coefficient (Wildman–Crippen LogP) is 1.47. The van der Waals surface area contributed by atoms with Gasteiger partial charge in [-0.3, -0.25) is 4.90 Å². The highest BCUT2D eigenvalue weighted by molar-refractivity contribution is 4.88. The standard InChI is InChI=1S/C12H22N2/c1-3-9-14(10-4-2)11-5-8-13-12-6-7-12/h1,12-13H,4-11H2,2H3. The molecule has 14 heavy (non-hydrogen) atoms. The molecular formula is C12H22N2. The zero-order valence-electron chi connectivity index (χ0n) is 9.26. The molecule has 0 aromatic heterocycles. The Morgan fingerprint density at radius 2 is 2.21 bits per heavy atom. The zero-order valence-corrected chi connectivity index (χ0v) is 9.26. The van der Waals surface area contributed by atoms with E-state index >= 15 is 0 Å². The molecule has 1 rings (SSSR count). The summed E-state index contributed by atoms with van der Waals surface area (Å²) in [6.07, 6.45) is 10.5. The first kappa shape index (κ1) is 11.6. The van der Waals surface area contributed by atoms with Crippen molar-refractivity contribution < 1.29 is 0 Å². The summed E-state index contributed by atoms with van der Waals surface area (Å²) >= 11 is 0. The lowest BCUT2D eigenvalue weighted by molar-refractivity contribution is 0.301. The summed E-state index contributed by atoms with van der Waals surface area (Å²) in [5, 5.41) is 3.52. The summed E-state index contributed by atoms with van der Waals surface area (Å²) in [5.41, 5.74) is 0. The van der Waals surface area contributed by atoms with Crippen molar-refractivity contribution in [1.29, 1.82) is 0 Å². The van der Waals surface area contributed by atoms with Gasteiger partial charge in [0.15, 0.2) is 0 Å². The van der Waals surface area contributed by atoms with Gasteiger partial charge >= 0.3 is 0 Å². The van der Waals surface area contributed by atoms with Crippen LogP contribution in [-0.4, -0.2) is 37.1 Å². The molecule has 0 amide bonds. The Balaban J connectivity index is 1.96. The SMILES string of the molecule is C#CCN(CCC)CCCNC1CC1. The van der Waals surface area contributed by atoms with Crippen molar-refractivity contribution >= 4 is 0 Å². The average molecular weight is 194 g/mol. The molecule has 2 nitrogen and oxygen atoms in total. The Morgan fingerprint density at radius 3 is 2.79 bits per heavy atom. The van der Waals surface area contributed by atoms with E-state index in [2.05, 4.69) is 23.1 Å². The van der Waals surface area contributed by atoms with Gasteiger partial charge in [0.1, 0.15) is 0 Å². The van der Waals surface area contributed by atoms with E-state index in [0.29, 0.717) is 0 Å². The lowest BCUT2D eigenvalue weighted by atomic mass is 10.3. The van der Waals surface area contributed by atoms with E-state index in [1.807, 2.05) is 0 Å². The Labute approximate surface area is 88.1 Å². The third-order valence-electron chi connectivity index (χ3n) is 2.52. The fourth-order valence-corrected chi connectivity index (χ4v) is 1.61. The second-order valence-electron chi connectivity index (χ2n) is 4.06. The molecule has 0 atom stereocenters. The van der Waals surface area contributed by atoms with Gasteiger partial charge < -0.3 is 5.32 Å². The van der Waals surface area contributed by atoms with Crippen molar-refractivity contribution in [3.05, 3.63) is 0 Å². The van der Waals surface area contributed by atoms with Gasteiger partial charge in [0.25, 0.3) is 0 Å². The zero-order chi connectivity index (χ0) is 10.2. The molecule has 0 aromatic carbocycles. The second-order valence-corrected chi connectivity index (χ2v) is 4.06. The molecule has 0 bridgehead atoms. The molecule has 0 unspecified atom stereocenters. The van der Waals surface area contributed by atoms with Crippen LogP contribution < -0.4 is 5.32 Å². The van der Waals surface area contributed by atoms with Crippen LogP contribution in [0, 0.1) is 12.3 Å². The van der Waals surface area contributed by atoms with Gasteiger partial charge in [-0.25, -0.2) is 0 Å². The monoisotopic (exact) mass is 194 g/mol. The van der Waals surface area contributed by atoms with Crippen LogP contribution in [0.5, 0.6) is 0 Å². The first-order valence-electron chi connectivity index (χ1n) is 5.76. The number of terminal acetylenes is 1. The highest BCUT2D eigenvalue weighted by Gasteiger charge is 2.19. The van der Waals surface area contributed by atoms with Crippen molar-refractivity contribution in [3.8, 4) is 12.3 Å². The highest BCUT2D eigenvalue weighted by atomic mass is 15.1. The molecule has 0 heterocycles. The highest BCUT2D eigenvalue weighted by Crippen LogP contribution is 2.18. The minimum atomic E-state index is 0.803. The lowest BCUT2D eigenvalue weighted by Crippen LogP contribution is -2.29. The molecule has 0 spiro atoms. The maximum atomic E-state index is 5.31. The third kappa shape index (κ3) is 5.26. The summed E-state index contributed by atoms with van der Waals surface area (Å²) in [5.74, 6) is 2.72. The van der Waals surface area contributed by atoms with Gasteiger partial charge in [0.2, 0.25) is 0 Å². The molecule has 2 heteroatoms. The average Bonchev–Trinajstić information content (AvgIpc) is 2.96. The Morgan fingerprint density at radius 1 is 1.43 bits per heavy atom. The van der Waals surface area contributed by atoms with Crippen LogP contribution in [0.15, 0.2) is 0 Å². The first-order valence-corrected chi connectivity index (χ1v) is 5.76. The molecular weight excluding hydrogens is 172 g/mol. The number of hydrogen-bond donors (Lipinski definition) is 1. The molecule has 0 aliphatic heterocycles. The lowest BCUT2D eigenvalue weighted by Gasteiger charge is -2.18. The van der Waals surface area contributed by atoms with Gasteiger partial charge in [-0.1, -0.05) is 12.8 Å². The van der Waals surface area contributed by atoms with Crippen LogP contribution in [-0.2, 0) is 0 Å². The first-order chi connectivity index (χ1) is 6.86. The number of nitrogens with one attached hydrogen (secondary N) is 1. The molecule has 1 saturated carbocycles. The van der Waals surface area contributed by atoms with E-state index in [4.69, 9.17) is 6.42 Å². The van der Waals surface area contributed by atoms with Gasteiger partial charge in [-0.05, 0) is 38.8 Å². The van der Waals surface area contributed by atoms with E-state index in [-0.39, 0.29) is 0 Å². The Kier molecular flexibility index (Phi) is 5.66. The predicted molar refractivity (Wildman–Crippen MR) is 61.2 cm³/mol.